The second-order valence-corrected chi connectivity index (χ2v) is 7.01. The second kappa shape index (κ2) is 5.11. The van der Waals surface area contributed by atoms with Gasteiger partial charge < -0.3 is 4.90 Å². The van der Waals surface area contributed by atoms with Crippen LogP contribution in [0.3, 0.4) is 0 Å². The molecule has 2 aromatic heterocycles. The van der Waals surface area contributed by atoms with Crippen molar-refractivity contribution in [3.8, 4) is 11.3 Å². The fourth-order valence-electron chi connectivity index (χ4n) is 2.89. The Balaban J connectivity index is 1.97. The summed E-state index contributed by atoms with van der Waals surface area (Å²) in [6, 6.07) is 6.48. The van der Waals surface area contributed by atoms with Crippen LogP contribution in [0, 0.1) is 6.92 Å². The summed E-state index contributed by atoms with van der Waals surface area (Å²) in [7, 11) is 4.19. The first-order valence-electron chi connectivity index (χ1n) is 7.42. The Kier molecular flexibility index (Phi) is 3.20. The largest absolute Gasteiger partial charge is 0.308 e. The predicted molar refractivity (Wildman–Crippen MR) is 90.4 cm³/mol. The maximum Gasteiger partial charge on any atom is 0.104 e. The van der Waals surface area contributed by atoms with E-state index in [0.717, 1.165) is 24.3 Å². The van der Waals surface area contributed by atoms with Gasteiger partial charge in [0.05, 0.1) is 12.1 Å². The van der Waals surface area contributed by atoms with E-state index in [-0.39, 0.29) is 0 Å². The molecule has 0 atom stereocenters. The zero-order chi connectivity index (χ0) is 15.3. The Labute approximate surface area is 134 Å². The summed E-state index contributed by atoms with van der Waals surface area (Å²) in [5.41, 5.74) is 4.77. The summed E-state index contributed by atoms with van der Waals surface area (Å²) in [6.45, 7) is 4.05. The smallest absolute Gasteiger partial charge is 0.104 e. The van der Waals surface area contributed by atoms with Crippen molar-refractivity contribution in [2.75, 3.05) is 20.6 Å². The Morgan fingerprint density at radius 3 is 2.91 bits per heavy atom. The SMILES string of the molecule is Cc1ccc2c3c(nn2CCN(C)C)-c2cnccc2Sc13. The number of aromatic nitrogens is 3. The van der Waals surface area contributed by atoms with Crippen molar-refractivity contribution in [1.29, 1.82) is 0 Å². The number of pyridine rings is 1. The van der Waals surface area contributed by atoms with Crippen LogP contribution >= 0.6 is 11.8 Å². The van der Waals surface area contributed by atoms with Gasteiger partial charge in [-0.25, -0.2) is 0 Å². The molecule has 1 aromatic carbocycles. The highest BCUT2D eigenvalue weighted by atomic mass is 32.2. The topological polar surface area (TPSA) is 34.0 Å². The van der Waals surface area contributed by atoms with Crippen molar-refractivity contribution < 1.29 is 0 Å². The minimum absolute atomic E-state index is 0.895. The molecule has 0 saturated heterocycles. The van der Waals surface area contributed by atoms with Gasteiger partial charge in [0.15, 0.2) is 0 Å². The number of fused-ring (bicyclic) bond motifs is 2. The summed E-state index contributed by atoms with van der Waals surface area (Å²) in [5.74, 6) is 0. The van der Waals surface area contributed by atoms with Crippen molar-refractivity contribution >= 4 is 22.7 Å². The highest BCUT2D eigenvalue weighted by molar-refractivity contribution is 7.99. The molecule has 3 aromatic rings. The molecule has 0 amide bonds. The number of likely N-dealkylation sites (N-methyl/N-ethyl adjacent to an activating group) is 1. The van der Waals surface area contributed by atoms with Gasteiger partial charge in [0, 0.05) is 39.7 Å². The Bertz CT molecular complexity index is 866. The molecule has 0 radical (unpaired) electrons. The molecule has 0 spiro atoms. The van der Waals surface area contributed by atoms with E-state index >= 15 is 0 Å². The maximum atomic E-state index is 4.91. The standard InChI is InChI=1S/C17H18N4S/c1-11-4-5-13-15-16(19-21(13)9-8-20(2)3)12-10-18-7-6-14(12)22-17(11)15/h4-7,10H,8-9H2,1-3H3. The zero-order valence-corrected chi connectivity index (χ0v) is 13.8. The van der Waals surface area contributed by atoms with Crippen LogP contribution in [-0.2, 0) is 6.54 Å². The van der Waals surface area contributed by atoms with Gasteiger partial charge in [-0.2, -0.15) is 5.10 Å². The molecule has 4 rings (SSSR count). The lowest BCUT2D eigenvalue weighted by Crippen LogP contribution is -2.18. The molecule has 5 heteroatoms. The number of rotatable bonds is 3. The molecular weight excluding hydrogens is 292 g/mol. The number of nitrogens with zero attached hydrogens (tertiary/aromatic N) is 4. The second-order valence-electron chi connectivity index (χ2n) is 5.95. The molecule has 4 nitrogen and oxygen atoms in total. The Hall–Kier alpha value is -1.85. The van der Waals surface area contributed by atoms with E-state index in [1.165, 1.54) is 26.3 Å². The number of benzene rings is 1. The van der Waals surface area contributed by atoms with Crippen LogP contribution in [0.4, 0.5) is 0 Å². The highest BCUT2D eigenvalue weighted by Crippen LogP contribution is 2.48. The molecule has 1 aliphatic rings. The zero-order valence-electron chi connectivity index (χ0n) is 13.0. The van der Waals surface area contributed by atoms with Crippen molar-refractivity contribution in [3.63, 3.8) is 0 Å². The summed E-state index contributed by atoms with van der Waals surface area (Å²) in [6.07, 6.45) is 3.79. The first-order chi connectivity index (χ1) is 10.6. The van der Waals surface area contributed by atoms with Gasteiger partial charge in [-0.1, -0.05) is 17.8 Å². The third-order valence-corrected chi connectivity index (χ3v) is 5.38. The summed E-state index contributed by atoms with van der Waals surface area (Å²) >= 11 is 1.84. The normalized spacial score (nSPS) is 12.9. The van der Waals surface area contributed by atoms with Crippen LogP contribution in [0.5, 0.6) is 0 Å². The molecule has 0 saturated carbocycles. The lowest BCUT2D eigenvalue weighted by atomic mass is 10.1. The predicted octanol–water partition coefficient (Wildman–Crippen LogP) is 3.43. The molecule has 0 fully saturated rings. The molecule has 0 N–H and O–H groups in total. The lowest BCUT2D eigenvalue weighted by Gasteiger charge is -2.16. The summed E-state index contributed by atoms with van der Waals surface area (Å²) < 4.78 is 2.14. The van der Waals surface area contributed by atoms with E-state index in [1.54, 1.807) is 0 Å². The molecule has 0 aliphatic carbocycles. The van der Waals surface area contributed by atoms with Crippen LogP contribution in [0.15, 0.2) is 40.4 Å². The van der Waals surface area contributed by atoms with Crippen molar-refractivity contribution in [2.45, 2.75) is 23.3 Å². The van der Waals surface area contributed by atoms with Crippen molar-refractivity contribution in [1.82, 2.24) is 19.7 Å². The van der Waals surface area contributed by atoms with E-state index in [0.29, 0.717) is 0 Å². The van der Waals surface area contributed by atoms with Crippen molar-refractivity contribution in [3.05, 3.63) is 36.2 Å². The van der Waals surface area contributed by atoms with Crippen LogP contribution in [0.1, 0.15) is 5.56 Å². The fraction of sp³-hybridized carbons (Fsp3) is 0.294. The van der Waals surface area contributed by atoms with Gasteiger partial charge >= 0.3 is 0 Å². The average molecular weight is 310 g/mol. The van der Waals surface area contributed by atoms with E-state index in [1.807, 2.05) is 24.2 Å². The average Bonchev–Trinajstić information content (AvgIpc) is 2.88. The lowest BCUT2D eigenvalue weighted by molar-refractivity contribution is 0.377. The van der Waals surface area contributed by atoms with Gasteiger partial charge in [0.1, 0.15) is 5.69 Å². The van der Waals surface area contributed by atoms with E-state index in [2.05, 4.69) is 53.8 Å². The molecule has 112 valence electrons. The minimum atomic E-state index is 0.895. The minimum Gasteiger partial charge on any atom is -0.308 e. The molecule has 1 aliphatic heterocycles. The first kappa shape index (κ1) is 13.8. The van der Waals surface area contributed by atoms with Gasteiger partial charge in [-0.05, 0) is 38.7 Å². The molecule has 0 bridgehead atoms. The van der Waals surface area contributed by atoms with Gasteiger partial charge in [-0.15, -0.1) is 0 Å². The Morgan fingerprint density at radius 1 is 1.23 bits per heavy atom. The summed E-state index contributed by atoms with van der Waals surface area (Å²) in [5, 5.41) is 6.19. The fourth-order valence-corrected chi connectivity index (χ4v) is 4.03. The van der Waals surface area contributed by atoms with E-state index < -0.39 is 0 Å². The van der Waals surface area contributed by atoms with Crippen LogP contribution in [0.25, 0.3) is 22.2 Å². The van der Waals surface area contributed by atoms with Crippen LogP contribution < -0.4 is 0 Å². The number of hydrogen-bond donors (Lipinski definition) is 0. The van der Waals surface area contributed by atoms with Gasteiger partial charge in [0.25, 0.3) is 0 Å². The van der Waals surface area contributed by atoms with Crippen molar-refractivity contribution in [2.24, 2.45) is 0 Å². The highest BCUT2D eigenvalue weighted by Gasteiger charge is 2.25. The van der Waals surface area contributed by atoms with Gasteiger partial charge in [0.2, 0.25) is 0 Å². The summed E-state index contributed by atoms with van der Waals surface area (Å²) in [4.78, 5) is 9.06. The molecule has 0 unspecified atom stereocenters. The molecular formula is C17H18N4S. The number of aryl methyl sites for hydroxylation is 1. The molecule has 22 heavy (non-hydrogen) atoms. The van der Waals surface area contributed by atoms with Crippen LogP contribution in [0.2, 0.25) is 0 Å². The number of hydrogen-bond acceptors (Lipinski definition) is 4. The molecule has 3 heterocycles. The van der Waals surface area contributed by atoms with Crippen LogP contribution in [-0.4, -0.2) is 40.3 Å². The third-order valence-electron chi connectivity index (χ3n) is 4.08. The quantitative estimate of drug-likeness (QED) is 0.580. The monoisotopic (exact) mass is 310 g/mol. The van der Waals surface area contributed by atoms with E-state index in [9.17, 15) is 0 Å². The van der Waals surface area contributed by atoms with Gasteiger partial charge in [-0.3, -0.25) is 9.67 Å². The van der Waals surface area contributed by atoms with E-state index in [4.69, 9.17) is 5.10 Å². The maximum absolute atomic E-state index is 4.91. The first-order valence-corrected chi connectivity index (χ1v) is 8.24. The third kappa shape index (κ3) is 2.04. The Morgan fingerprint density at radius 2 is 2.09 bits per heavy atom.